The molecule has 1 aliphatic rings. The number of nitrogens with zero attached hydrogens (tertiary/aromatic N) is 1. The van der Waals surface area contributed by atoms with Gasteiger partial charge in [-0.1, -0.05) is 18.9 Å². The monoisotopic (exact) mass is 219 g/mol. The number of nitrogens with two attached hydrogens (primary N) is 1. The summed E-state index contributed by atoms with van der Waals surface area (Å²) in [5.41, 5.74) is 5.92. The average molecular weight is 219 g/mol. The van der Waals surface area contributed by atoms with Crippen LogP contribution in [0.25, 0.3) is 0 Å². The normalized spacial score (nSPS) is 16.8. The van der Waals surface area contributed by atoms with Crippen LogP contribution in [-0.4, -0.2) is 16.9 Å². The number of nitrogens with one attached hydrogen (secondary N) is 1. The third-order valence-corrected chi connectivity index (χ3v) is 2.76. The van der Waals surface area contributed by atoms with Crippen LogP contribution in [0.1, 0.15) is 36.7 Å². The molecule has 4 nitrogen and oxygen atoms in total. The molecule has 1 fully saturated rings. The number of rotatable bonds is 4. The zero-order chi connectivity index (χ0) is 11.5. The van der Waals surface area contributed by atoms with Crippen LogP contribution in [0, 0.1) is 5.92 Å². The Morgan fingerprint density at radius 3 is 3.00 bits per heavy atom. The molecule has 2 rings (SSSR count). The van der Waals surface area contributed by atoms with Crippen LogP contribution >= 0.6 is 0 Å². The maximum absolute atomic E-state index is 11.8. The Kier molecular flexibility index (Phi) is 3.08. The molecule has 1 atom stereocenters. The molecule has 1 aliphatic carbocycles. The standard InChI is InChI=1S/C12H17N3O/c1-8(7-9-5-6-9)14-12(16)10-3-2-4-11(13)15-10/h2-4,8-9H,5-7H2,1H3,(H2,13,15)(H,14,16). The van der Waals surface area contributed by atoms with Gasteiger partial charge in [-0.3, -0.25) is 4.79 Å². The summed E-state index contributed by atoms with van der Waals surface area (Å²) < 4.78 is 0. The highest BCUT2D eigenvalue weighted by molar-refractivity contribution is 5.92. The molecule has 16 heavy (non-hydrogen) atoms. The Morgan fingerprint density at radius 2 is 2.38 bits per heavy atom. The predicted molar refractivity (Wildman–Crippen MR) is 62.9 cm³/mol. The van der Waals surface area contributed by atoms with Gasteiger partial charge in [0.25, 0.3) is 5.91 Å². The van der Waals surface area contributed by atoms with Gasteiger partial charge in [0.1, 0.15) is 11.5 Å². The Bertz CT molecular complexity index is 388. The molecule has 0 saturated heterocycles. The van der Waals surface area contributed by atoms with E-state index in [4.69, 9.17) is 5.73 Å². The summed E-state index contributed by atoms with van der Waals surface area (Å²) in [6.07, 6.45) is 3.67. The molecular weight excluding hydrogens is 202 g/mol. The van der Waals surface area contributed by atoms with Gasteiger partial charge in [0.15, 0.2) is 0 Å². The van der Waals surface area contributed by atoms with E-state index in [0.29, 0.717) is 11.5 Å². The van der Waals surface area contributed by atoms with Gasteiger partial charge in [-0.05, 0) is 31.4 Å². The molecule has 0 radical (unpaired) electrons. The van der Waals surface area contributed by atoms with E-state index < -0.39 is 0 Å². The van der Waals surface area contributed by atoms with Crippen LogP contribution < -0.4 is 11.1 Å². The van der Waals surface area contributed by atoms with Crippen molar-refractivity contribution in [2.45, 2.75) is 32.2 Å². The van der Waals surface area contributed by atoms with Crippen molar-refractivity contribution in [3.63, 3.8) is 0 Å². The van der Waals surface area contributed by atoms with Crippen molar-refractivity contribution in [2.75, 3.05) is 5.73 Å². The Labute approximate surface area is 95.3 Å². The lowest BCUT2D eigenvalue weighted by atomic mass is 10.1. The molecule has 1 unspecified atom stereocenters. The fraction of sp³-hybridized carbons (Fsp3) is 0.500. The first-order valence-corrected chi connectivity index (χ1v) is 5.68. The van der Waals surface area contributed by atoms with Gasteiger partial charge in [0.05, 0.1) is 0 Å². The second-order valence-corrected chi connectivity index (χ2v) is 4.50. The third-order valence-electron chi connectivity index (χ3n) is 2.76. The molecule has 3 N–H and O–H groups in total. The first kappa shape index (κ1) is 10.9. The second kappa shape index (κ2) is 4.51. The highest BCUT2D eigenvalue weighted by atomic mass is 16.1. The van der Waals surface area contributed by atoms with Gasteiger partial charge < -0.3 is 11.1 Å². The topological polar surface area (TPSA) is 68.0 Å². The lowest BCUT2D eigenvalue weighted by molar-refractivity contribution is 0.0932. The van der Waals surface area contributed by atoms with Crippen molar-refractivity contribution in [2.24, 2.45) is 5.92 Å². The smallest absolute Gasteiger partial charge is 0.270 e. The maximum atomic E-state index is 11.8. The van der Waals surface area contributed by atoms with Gasteiger partial charge in [0, 0.05) is 6.04 Å². The molecule has 1 amide bonds. The molecule has 4 heteroatoms. The number of carbonyl (C=O) groups is 1. The molecular formula is C12H17N3O. The van der Waals surface area contributed by atoms with Crippen LogP contribution in [0.4, 0.5) is 5.82 Å². The zero-order valence-electron chi connectivity index (χ0n) is 9.44. The van der Waals surface area contributed by atoms with Crippen molar-refractivity contribution in [3.05, 3.63) is 23.9 Å². The van der Waals surface area contributed by atoms with E-state index in [2.05, 4.69) is 10.3 Å². The Morgan fingerprint density at radius 1 is 1.62 bits per heavy atom. The number of hydrogen-bond acceptors (Lipinski definition) is 3. The number of carbonyl (C=O) groups excluding carboxylic acids is 1. The van der Waals surface area contributed by atoms with Crippen molar-refractivity contribution in [1.29, 1.82) is 0 Å². The van der Waals surface area contributed by atoms with Crippen molar-refractivity contribution in [3.8, 4) is 0 Å². The minimum absolute atomic E-state index is 0.138. The highest BCUT2D eigenvalue weighted by Gasteiger charge is 2.24. The molecule has 1 heterocycles. The number of anilines is 1. The fourth-order valence-corrected chi connectivity index (χ4v) is 1.79. The maximum Gasteiger partial charge on any atom is 0.270 e. The summed E-state index contributed by atoms with van der Waals surface area (Å²) in [5, 5.41) is 2.94. The number of aromatic nitrogens is 1. The predicted octanol–water partition coefficient (Wildman–Crippen LogP) is 1.58. The molecule has 1 aromatic rings. The summed E-state index contributed by atoms with van der Waals surface area (Å²) >= 11 is 0. The molecule has 1 aromatic heterocycles. The van der Waals surface area contributed by atoms with Gasteiger partial charge in [-0.15, -0.1) is 0 Å². The van der Waals surface area contributed by atoms with Crippen molar-refractivity contribution in [1.82, 2.24) is 10.3 Å². The Hall–Kier alpha value is -1.58. The van der Waals surface area contributed by atoms with Crippen molar-refractivity contribution < 1.29 is 4.79 Å². The van der Waals surface area contributed by atoms with E-state index in [0.717, 1.165) is 12.3 Å². The minimum atomic E-state index is -0.138. The van der Waals surface area contributed by atoms with Crippen LogP contribution in [0.15, 0.2) is 18.2 Å². The molecule has 0 bridgehead atoms. The van der Waals surface area contributed by atoms with Gasteiger partial charge in [-0.25, -0.2) is 4.98 Å². The molecule has 0 spiro atoms. The van der Waals surface area contributed by atoms with Crippen LogP contribution in [0.5, 0.6) is 0 Å². The summed E-state index contributed by atoms with van der Waals surface area (Å²) in [6.45, 7) is 2.03. The first-order chi connectivity index (χ1) is 7.65. The number of pyridine rings is 1. The van der Waals surface area contributed by atoms with E-state index in [1.165, 1.54) is 12.8 Å². The number of nitrogen functional groups attached to an aromatic ring is 1. The summed E-state index contributed by atoms with van der Waals surface area (Å²) in [6, 6.07) is 5.30. The van der Waals surface area contributed by atoms with E-state index >= 15 is 0 Å². The lowest BCUT2D eigenvalue weighted by Gasteiger charge is -2.12. The van der Waals surface area contributed by atoms with E-state index in [1.807, 2.05) is 6.92 Å². The Balaban J connectivity index is 1.91. The third kappa shape index (κ3) is 2.95. The minimum Gasteiger partial charge on any atom is -0.384 e. The molecule has 0 aromatic carbocycles. The number of amides is 1. The van der Waals surface area contributed by atoms with E-state index in [-0.39, 0.29) is 11.9 Å². The van der Waals surface area contributed by atoms with E-state index in [9.17, 15) is 4.79 Å². The van der Waals surface area contributed by atoms with Gasteiger partial charge >= 0.3 is 0 Å². The van der Waals surface area contributed by atoms with Crippen LogP contribution in [-0.2, 0) is 0 Å². The molecule has 1 saturated carbocycles. The average Bonchev–Trinajstić information content (AvgIpc) is 3.01. The number of hydrogen-bond donors (Lipinski definition) is 2. The largest absolute Gasteiger partial charge is 0.384 e. The van der Waals surface area contributed by atoms with Crippen molar-refractivity contribution >= 4 is 11.7 Å². The zero-order valence-corrected chi connectivity index (χ0v) is 9.44. The highest BCUT2D eigenvalue weighted by Crippen LogP contribution is 2.33. The molecule has 86 valence electrons. The summed E-state index contributed by atoms with van der Waals surface area (Å²) in [7, 11) is 0. The van der Waals surface area contributed by atoms with E-state index in [1.54, 1.807) is 18.2 Å². The second-order valence-electron chi connectivity index (χ2n) is 4.50. The van der Waals surface area contributed by atoms with Crippen LogP contribution in [0.2, 0.25) is 0 Å². The first-order valence-electron chi connectivity index (χ1n) is 5.68. The quantitative estimate of drug-likeness (QED) is 0.808. The molecule has 0 aliphatic heterocycles. The van der Waals surface area contributed by atoms with Gasteiger partial charge in [0.2, 0.25) is 0 Å². The van der Waals surface area contributed by atoms with Gasteiger partial charge in [-0.2, -0.15) is 0 Å². The summed E-state index contributed by atoms with van der Waals surface area (Å²) in [4.78, 5) is 15.8. The fourth-order valence-electron chi connectivity index (χ4n) is 1.79. The lowest BCUT2D eigenvalue weighted by Crippen LogP contribution is -2.33. The SMILES string of the molecule is CC(CC1CC1)NC(=O)c1cccc(N)n1. The van der Waals surface area contributed by atoms with Crippen LogP contribution in [0.3, 0.4) is 0 Å². The summed E-state index contributed by atoms with van der Waals surface area (Å²) in [5.74, 6) is 1.05.